The van der Waals surface area contributed by atoms with Gasteiger partial charge in [0.05, 0.1) is 5.75 Å². The fourth-order valence-electron chi connectivity index (χ4n) is 0.156. The van der Waals surface area contributed by atoms with Crippen LogP contribution in [0.25, 0.3) is 0 Å². The molecule has 0 bridgehead atoms. The highest BCUT2D eigenvalue weighted by atomic mass is 35.5. The molecule has 0 amide bonds. The van der Waals surface area contributed by atoms with E-state index in [0.717, 1.165) is 11.8 Å². The molecule has 4 heteroatoms. The Morgan fingerprint density at radius 1 is 1.88 bits per heavy atom. The third-order valence-corrected chi connectivity index (χ3v) is 1.37. The zero-order valence-electron chi connectivity index (χ0n) is 4.00. The van der Waals surface area contributed by atoms with E-state index in [0.29, 0.717) is 0 Å². The van der Waals surface area contributed by atoms with E-state index in [9.17, 15) is 4.79 Å². The number of thioether (sulfide) groups is 1. The third-order valence-electron chi connectivity index (χ3n) is 0.354. The fraction of sp³-hybridized carbons (Fsp3) is 0.250. The second kappa shape index (κ2) is 5.00. The van der Waals surface area contributed by atoms with Gasteiger partial charge in [0, 0.05) is 5.54 Å². The number of hydrogen-bond donors (Lipinski definition) is 1. The van der Waals surface area contributed by atoms with Crippen molar-refractivity contribution in [3.63, 3.8) is 0 Å². The van der Waals surface area contributed by atoms with E-state index in [4.69, 9.17) is 16.7 Å². The predicted molar refractivity (Wildman–Crippen MR) is 35.1 cm³/mol. The molecule has 0 aliphatic heterocycles. The average Bonchev–Trinajstić information content (AvgIpc) is 1.66. The maximum atomic E-state index is 9.78. The minimum absolute atomic E-state index is 0.0726. The molecule has 0 saturated heterocycles. The highest BCUT2D eigenvalue weighted by Crippen LogP contribution is 2.00. The molecular weight excluding hydrogens is 148 g/mol. The lowest BCUT2D eigenvalue weighted by atomic mass is 10.8. The molecule has 0 fully saturated rings. The second-order valence-corrected chi connectivity index (χ2v) is 2.11. The number of rotatable bonds is 3. The zero-order valence-corrected chi connectivity index (χ0v) is 5.58. The first-order valence-electron chi connectivity index (χ1n) is 1.86. The Bertz CT molecular complexity index is 102. The Morgan fingerprint density at radius 3 is 2.88 bits per heavy atom. The Balaban J connectivity index is 3.05. The quantitative estimate of drug-likeness (QED) is 0.666. The first-order valence-corrected chi connectivity index (χ1v) is 3.34. The van der Waals surface area contributed by atoms with Crippen molar-refractivity contribution in [1.82, 2.24) is 0 Å². The van der Waals surface area contributed by atoms with Gasteiger partial charge in [-0.25, -0.2) is 0 Å². The monoisotopic (exact) mass is 152 g/mol. The summed E-state index contributed by atoms with van der Waals surface area (Å²) >= 11 is 6.24. The van der Waals surface area contributed by atoms with Crippen LogP contribution in [0.4, 0.5) is 0 Å². The summed E-state index contributed by atoms with van der Waals surface area (Å²) < 4.78 is 0. The molecule has 46 valence electrons. The van der Waals surface area contributed by atoms with E-state index < -0.39 is 5.97 Å². The summed E-state index contributed by atoms with van der Waals surface area (Å²) in [5.41, 5.74) is 1.29. The molecule has 0 radical (unpaired) electrons. The van der Waals surface area contributed by atoms with Crippen LogP contribution in [-0.4, -0.2) is 16.8 Å². The first-order chi connectivity index (χ1) is 3.77. The topological polar surface area (TPSA) is 37.3 Å². The van der Waals surface area contributed by atoms with Crippen molar-refractivity contribution >= 4 is 29.3 Å². The maximum Gasteiger partial charge on any atom is 0.313 e. The molecule has 0 atom stereocenters. The van der Waals surface area contributed by atoms with Crippen LogP contribution in [-0.2, 0) is 4.79 Å². The number of halogens is 1. The van der Waals surface area contributed by atoms with Gasteiger partial charge in [0.2, 0.25) is 0 Å². The van der Waals surface area contributed by atoms with Gasteiger partial charge in [-0.3, -0.25) is 4.79 Å². The molecule has 0 aromatic heterocycles. The summed E-state index contributed by atoms with van der Waals surface area (Å²) in [5.74, 6) is -0.756. The SMILES string of the molecule is O=C(O)CS/C=C\Cl. The molecule has 0 aliphatic rings. The molecule has 1 N–H and O–H groups in total. The molecule has 0 saturated carbocycles. The van der Waals surface area contributed by atoms with Gasteiger partial charge in [0.1, 0.15) is 0 Å². The number of hydrogen-bond acceptors (Lipinski definition) is 2. The van der Waals surface area contributed by atoms with Gasteiger partial charge < -0.3 is 5.11 Å². The largest absolute Gasteiger partial charge is 0.481 e. The second-order valence-electron chi connectivity index (χ2n) is 0.967. The number of carboxylic acid groups (broad SMARTS) is 1. The molecule has 0 rings (SSSR count). The van der Waals surface area contributed by atoms with Crippen LogP contribution >= 0.6 is 23.4 Å². The molecule has 2 nitrogen and oxygen atoms in total. The van der Waals surface area contributed by atoms with Gasteiger partial charge in [0.15, 0.2) is 0 Å². The summed E-state index contributed by atoms with van der Waals surface area (Å²) in [7, 11) is 0. The van der Waals surface area contributed by atoms with Crippen molar-refractivity contribution < 1.29 is 9.90 Å². The van der Waals surface area contributed by atoms with Crippen LogP contribution in [0, 0.1) is 0 Å². The normalized spacial score (nSPS) is 10.1. The van der Waals surface area contributed by atoms with Crippen molar-refractivity contribution in [3.8, 4) is 0 Å². The van der Waals surface area contributed by atoms with Crippen LogP contribution in [0.2, 0.25) is 0 Å². The lowest BCUT2D eigenvalue weighted by molar-refractivity contribution is -0.133. The van der Waals surface area contributed by atoms with Gasteiger partial charge >= 0.3 is 5.97 Å². The molecule has 0 heterocycles. The van der Waals surface area contributed by atoms with Crippen molar-refractivity contribution in [3.05, 3.63) is 10.9 Å². The van der Waals surface area contributed by atoms with Gasteiger partial charge in [-0.15, -0.1) is 11.8 Å². The third kappa shape index (κ3) is 5.85. The van der Waals surface area contributed by atoms with E-state index >= 15 is 0 Å². The summed E-state index contributed by atoms with van der Waals surface area (Å²) in [4.78, 5) is 9.78. The van der Waals surface area contributed by atoms with Gasteiger partial charge in [0.25, 0.3) is 0 Å². The van der Waals surface area contributed by atoms with Crippen molar-refractivity contribution in [1.29, 1.82) is 0 Å². The summed E-state index contributed by atoms with van der Waals surface area (Å²) in [6.45, 7) is 0. The van der Waals surface area contributed by atoms with Crippen LogP contribution < -0.4 is 0 Å². The standard InChI is InChI=1S/C4H5ClO2S/c5-1-2-8-3-4(6)7/h1-2H,3H2,(H,6,7)/b2-1-. The number of carbonyl (C=O) groups is 1. The Morgan fingerprint density at radius 2 is 2.50 bits per heavy atom. The Hall–Kier alpha value is -0.150. The van der Waals surface area contributed by atoms with Crippen molar-refractivity contribution in [2.45, 2.75) is 0 Å². The molecule has 0 unspecified atom stereocenters. The Kier molecular flexibility index (Phi) is 4.90. The van der Waals surface area contributed by atoms with Gasteiger partial charge in [-0.2, -0.15) is 0 Å². The van der Waals surface area contributed by atoms with Crippen LogP contribution in [0.3, 0.4) is 0 Å². The summed E-state index contributed by atoms with van der Waals surface area (Å²) in [6.07, 6.45) is 0. The van der Waals surface area contributed by atoms with Crippen LogP contribution in [0.15, 0.2) is 10.9 Å². The highest BCUT2D eigenvalue weighted by molar-refractivity contribution is 8.02. The number of carboxylic acids is 1. The van der Waals surface area contributed by atoms with Crippen molar-refractivity contribution in [2.24, 2.45) is 0 Å². The lowest BCUT2D eigenvalue weighted by Crippen LogP contribution is -1.95. The van der Waals surface area contributed by atoms with Crippen molar-refractivity contribution in [2.75, 3.05) is 5.75 Å². The summed E-state index contributed by atoms with van der Waals surface area (Å²) in [6, 6.07) is 0. The predicted octanol–water partition coefficient (Wildman–Crippen LogP) is 1.51. The lowest BCUT2D eigenvalue weighted by Gasteiger charge is -1.83. The minimum Gasteiger partial charge on any atom is -0.481 e. The van der Waals surface area contributed by atoms with E-state index in [2.05, 4.69) is 0 Å². The molecule has 0 spiro atoms. The van der Waals surface area contributed by atoms with Crippen LogP contribution in [0.1, 0.15) is 0 Å². The van der Waals surface area contributed by atoms with E-state index in [1.807, 2.05) is 0 Å². The van der Waals surface area contributed by atoms with E-state index in [1.54, 1.807) is 0 Å². The van der Waals surface area contributed by atoms with Crippen LogP contribution in [0.5, 0.6) is 0 Å². The Labute approximate surface area is 56.5 Å². The molecule has 8 heavy (non-hydrogen) atoms. The zero-order chi connectivity index (χ0) is 6.41. The molecule has 0 aromatic carbocycles. The smallest absolute Gasteiger partial charge is 0.313 e. The fourth-order valence-corrected chi connectivity index (χ4v) is 0.686. The maximum absolute atomic E-state index is 9.78. The molecule has 0 aromatic rings. The first kappa shape index (κ1) is 7.85. The molecular formula is C4H5ClO2S. The average molecular weight is 153 g/mol. The molecule has 0 aliphatic carbocycles. The summed E-state index contributed by atoms with van der Waals surface area (Å²) in [5, 5.41) is 9.57. The minimum atomic E-state index is -0.829. The van der Waals surface area contributed by atoms with Gasteiger partial charge in [-0.1, -0.05) is 11.6 Å². The number of aliphatic carboxylic acids is 1. The van der Waals surface area contributed by atoms with E-state index in [-0.39, 0.29) is 5.75 Å². The highest BCUT2D eigenvalue weighted by Gasteiger charge is 1.90. The van der Waals surface area contributed by atoms with E-state index in [1.165, 1.54) is 10.9 Å². The van der Waals surface area contributed by atoms with Gasteiger partial charge in [-0.05, 0) is 5.41 Å².